The van der Waals surface area contributed by atoms with E-state index < -0.39 is 2.97 Å². The average Bonchev–Trinajstić information content (AvgIpc) is 1.84. The van der Waals surface area contributed by atoms with Crippen LogP contribution in [0.1, 0.15) is 20.8 Å². The van der Waals surface area contributed by atoms with Crippen LogP contribution in [0.5, 0.6) is 0 Å². The standard InChI is InChI=1S/C7H9O3.Tl/c1-4(8)7(5(2)9)6(3)10;/h1-3H3;. The molecule has 0 fully saturated rings. The summed E-state index contributed by atoms with van der Waals surface area (Å²) in [5, 5.41) is 0. The molecule has 58 valence electrons. The van der Waals surface area contributed by atoms with Crippen molar-refractivity contribution >= 4 is 43.1 Å². The van der Waals surface area contributed by atoms with Gasteiger partial charge in [-0.3, -0.25) is 0 Å². The van der Waals surface area contributed by atoms with E-state index in [0.29, 0.717) is 0 Å². The van der Waals surface area contributed by atoms with E-state index in [9.17, 15) is 14.4 Å². The zero-order valence-corrected chi connectivity index (χ0v) is 11.3. The van der Waals surface area contributed by atoms with Crippen LogP contribution in [0.2, 0.25) is 2.97 Å². The third-order valence-electron chi connectivity index (χ3n) is 1.67. The summed E-state index contributed by atoms with van der Waals surface area (Å²) in [5.41, 5.74) is 0. The summed E-state index contributed by atoms with van der Waals surface area (Å²) in [6, 6.07) is 0. The first-order valence-electron chi connectivity index (χ1n) is 3.15. The van der Waals surface area contributed by atoms with Gasteiger partial charge in [0.1, 0.15) is 0 Å². The van der Waals surface area contributed by atoms with Gasteiger partial charge < -0.3 is 0 Å². The predicted octanol–water partition coefficient (Wildman–Crippen LogP) is 0.0806. The summed E-state index contributed by atoms with van der Waals surface area (Å²) in [5.74, 6) is -0.951. The van der Waals surface area contributed by atoms with Crippen LogP contribution in [0.3, 0.4) is 0 Å². The Hall–Kier alpha value is -0.0679. The van der Waals surface area contributed by atoms with Crippen LogP contribution < -0.4 is 0 Å². The third kappa shape index (κ3) is 1.94. The van der Waals surface area contributed by atoms with Crippen molar-refractivity contribution < 1.29 is 14.4 Å². The molecule has 11 heavy (non-hydrogen) atoms. The fourth-order valence-electron chi connectivity index (χ4n) is 0.744. The monoisotopic (exact) mass is 346 g/mol. The van der Waals surface area contributed by atoms with Gasteiger partial charge in [-0.05, 0) is 0 Å². The molecule has 0 rings (SSSR count). The van der Waals surface area contributed by atoms with Gasteiger partial charge in [0.15, 0.2) is 0 Å². The van der Waals surface area contributed by atoms with Gasteiger partial charge in [0, 0.05) is 0 Å². The van der Waals surface area contributed by atoms with Crippen LogP contribution in [-0.4, -0.2) is 43.1 Å². The van der Waals surface area contributed by atoms with Crippen molar-refractivity contribution in [1.82, 2.24) is 0 Å². The Morgan fingerprint density at radius 3 is 1.09 bits per heavy atom. The van der Waals surface area contributed by atoms with Crippen LogP contribution in [0.4, 0.5) is 0 Å². The quantitative estimate of drug-likeness (QED) is 0.538. The second kappa shape index (κ2) is 3.55. The average molecular weight is 346 g/mol. The molecule has 3 nitrogen and oxygen atoms in total. The van der Waals surface area contributed by atoms with Crippen LogP contribution in [-0.2, 0) is 14.4 Å². The number of rotatable bonds is 3. The molecule has 0 aromatic rings. The van der Waals surface area contributed by atoms with Gasteiger partial charge in [0.2, 0.25) is 0 Å². The van der Waals surface area contributed by atoms with E-state index in [1.165, 1.54) is 20.8 Å². The molecule has 0 atom stereocenters. The Balaban J connectivity index is 4.99. The van der Waals surface area contributed by atoms with Gasteiger partial charge >= 0.3 is 81.2 Å². The Morgan fingerprint density at radius 2 is 1.09 bits per heavy atom. The van der Waals surface area contributed by atoms with Crippen molar-refractivity contribution in [3.63, 3.8) is 0 Å². The van der Waals surface area contributed by atoms with Crippen molar-refractivity contribution in [2.75, 3.05) is 0 Å². The zero-order chi connectivity index (χ0) is 9.23. The molecule has 4 heteroatoms. The summed E-state index contributed by atoms with van der Waals surface area (Å²) in [4.78, 5) is 32.8. The Bertz CT molecular complexity index is 184. The molecule has 0 aromatic carbocycles. The van der Waals surface area contributed by atoms with E-state index in [4.69, 9.17) is 0 Å². The maximum absolute atomic E-state index is 10.9. The van der Waals surface area contributed by atoms with Crippen LogP contribution in [0.25, 0.3) is 0 Å². The summed E-state index contributed by atoms with van der Waals surface area (Å²) in [7, 11) is 0. The normalized spacial score (nSPS) is 10.7. The molecular weight excluding hydrogens is 336 g/mol. The van der Waals surface area contributed by atoms with Crippen molar-refractivity contribution in [2.45, 2.75) is 23.7 Å². The van der Waals surface area contributed by atoms with Crippen molar-refractivity contribution in [1.29, 1.82) is 0 Å². The molecule has 0 radical (unpaired) electrons. The van der Waals surface area contributed by atoms with Gasteiger partial charge in [-0.25, -0.2) is 0 Å². The van der Waals surface area contributed by atoms with E-state index in [2.05, 4.69) is 0 Å². The number of Topliss-reactive ketones (excluding diaryl/α,β-unsaturated/α-hetero) is 3. The molecule has 0 unspecified atom stereocenters. The Kier molecular flexibility index (Phi) is 3.53. The Morgan fingerprint density at radius 1 is 0.909 bits per heavy atom. The summed E-state index contributed by atoms with van der Waals surface area (Å²) >= 11 is 0.0556. The van der Waals surface area contributed by atoms with Crippen molar-refractivity contribution in [3.05, 3.63) is 0 Å². The van der Waals surface area contributed by atoms with E-state index in [1.807, 2.05) is 0 Å². The second-order valence-corrected chi connectivity index (χ2v) is 5.84. The molecule has 0 saturated heterocycles. The molecule has 0 aromatic heterocycles. The maximum atomic E-state index is 10.9. The number of hydrogen-bond acceptors (Lipinski definition) is 3. The number of ketones is 3. The fraction of sp³-hybridized carbons (Fsp3) is 0.571. The van der Waals surface area contributed by atoms with Gasteiger partial charge in [0.05, 0.1) is 0 Å². The molecule has 0 saturated carbocycles. The van der Waals surface area contributed by atoms with E-state index in [-0.39, 0.29) is 43.1 Å². The molecule has 0 bridgehead atoms. The molecular formula is C7H9O3Tl. The molecule has 0 aliphatic rings. The van der Waals surface area contributed by atoms with Crippen LogP contribution >= 0.6 is 0 Å². The minimum atomic E-state index is -1.25. The second-order valence-electron chi connectivity index (χ2n) is 2.48. The third-order valence-corrected chi connectivity index (χ3v) is 6.41. The number of carbonyl (C=O) groups excluding carboxylic acids is 3. The zero-order valence-electron chi connectivity index (χ0n) is 6.80. The minimum absolute atomic E-state index is 0.0556. The predicted molar refractivity (Wildman–Crippen MR) is 40.5 cm³/mol. The first kappa shape index (κ1) is 10.9. The van der Waals surface area contributed by atoms with E-state index in [1.54, 1.807) is 0 Å². The first-order chi connectivity index (χ1) is 4.83. The van der Waals surface area contributed by atoms with Crippen molar-refractivity contribution in [2.24, 2.45) is 0 Å². The van der Waals surface area contributed by atoms with Crippen molar-refractivity contribution in [3.8, 4) is 0 Å². The van der Waals surface area contributed by atoms with Gasteiger partial charge in [-0.2, -0.15) is 0 Å². The molecule has 0 aliphatic carbocycles. The molecule has 0 spiro atoms. The Labute approximate surface area is 81.2 Å². The van der Waals surface area contributed by atoms with E-state index >= 15 is 0 Å². The molecule has 0 aliphatic heterocycles. The summed E-state index contributed by atoms with van der Waals surface area (Å²) < 4.78 is -1.25. The summed E-state index contributed by atoms with van der Waals surface area (Å²) in [6.45, 7) is 3.88. The first-order valence-corrected chi connectivity index (χ1v) is 5.40. The topological polar surface area (TPSA) is 51.2 Å². The number of carbonyl (C=O) groups is 3. The molecule has 0 N–H and O–H groups in total. The summed E-state index contributed by atoms with van der Waals surface area (Å²) in [6.07, 6.45) is 0. The molecule has 0 heterocycles. The van der Waals surface area contributed by atoms with Gasteiger partial charge in [-0.1, -0.05) is 0 Å². The molecule has 0 amide bonds. The van der Waals surface area contributed by atoms with E-state index in [0.717, 1.165) is 0 Å². The van der Waals surface area contributed by atoms with Crippen LogP contribution in [0, 0.1) is 0 Å². The van der Waals surface area contributed by atoms with Crippen LogP contribution in [0.15, 0.2) is 0 Å². The van der Waals surface area contributed by atoms with Gasteiger partial charge in [0.25, 0.3) is 0 Å². The van der Waals surface area contributed by atoms with Gasteiger partial charge in [-0.15, -0.1) is 0 Å². The number of hydrogen-bond donors (Lipinski definition) is 0. The fourth-order valence-corrected chi connectivity index (χ4v) is 0.744. The SMILES string of the molecule is CC(=O)[C]([Tl])(C(C)=O)C(C)=O.